The SMILES string of the molecule is Cc1cccnc1CC(=O)Nc1ccc(CCN(Cc2ccccc2)C[C@H](O)c2ccccc2)cc1. The van der Waals surface area contributed by atoms with E-state index < -0.39 is 6.10 Å². The summed E-state index contributed by atoms with van der Waals surface area (Å²) >= 11 is 0. The van der Waals surface area contributed by atoms with Crippen LogP contribution in [-0.4, -0.2) is 34.0 Å². The number of aliphatic hydroxyl groups excluding tert-OH is 1. The standard InChI is InChI=1S/C31H33N3O2/c1-24-9-8-19-32-29(24)21-31(36)33-28-16-14-25(15-17-28)18-20-34(22-26-10-4-2-5-11-26)23-30(35)27-12-6-3-7-13-27/h2-17,19,30,35H,18,20-23H2,1H3,(H,33,36)/t30-/m0/s1. The highest BCUT2D eigenvalue weighted by atomic mass is 16.3. The number of nitrogens with zero attached hydrogens (tertiary/aromatic N) is 2. The zero-order chi connectivity index (χ0) is 25.2. The lowest BCUT2D eigenvalue weighted by atomic mass is 10.1. The Morgan fingerprint density at radius 2 is 1.58 bits per heavy atom. The first kappa shape index (κ1) is 25.3. The summed E-state index contributed by atoms with van der Waals surface area (Å²) < 4.78 is 0. The lowest BCUT2D eigenvalue weighted by Gasteiger charge is -2.25. The first-order valence-electron chi connectivity index (χ1n) is 12.4. The van der Waals surface area contributed by atoms with Gasteiger partial charge in [0.1, 0.15) is 0 Å². The van der Waals surface area contributed by atoms with Crippen molar-refractivity contribution in [2.75, 3.05) is 18.4 Å². The van der Waals surface area contributed by atoms with E-state index in [4.69, 9.17) is 0 Å². The average molecular weight is 480 g/mol. The molecule has 0 aliphatic carbocycles. The molecule has 2 N–H and O–H groups in total. The van der Waals surface area contributed by atoms with Crippen molar-refractivity contribution >= 4 is 11.6 Å². The number of aromatic nitrogens is 1. The van der Waals surface area contributed by atoms with Crippen molar-refractivity contribution < 1.29 is 9.90 Å². The molecule has 184 valence electrons. The fraction of sp³-hybridized carbons (Fsp3) is 0.226. The van der Waals surface area contributed by atoms with Crippen LogP contribution in [0.5, 0.6) is 0 Å². The largest absolute Gasteiger partial charge is 0.387 e. The van der Waals surface area contributed by atoms with Gasteiger partial charge in [-0.3, -0.25) is 14.7 Å². The highest BCUT2D eigenvalue weighted by molar-refractivity contribution is 5.92. The molecule has 4 aromatic rings. The number of hydrogen-bond donors (Lipinski definition) is 2. The summed E-state index contributed by atoms with van der Waals surface area (Å²) in [5, 5.41) is 13.8. The molecule has 5 nitrogen and oxygen atoms in total. The number of carbonyl (C=O) groups is 1. The predicted octanol–water partition coefficient (Wildman–Crippen LogP) is 5.35. The third-order valence-electron chi connectivity index (χ3n) is 6.26. The molecule has 1 atom stereocenters. The molecule has 3 aromatic carbocycles. The Morgan fingerprint density at radius 1 is 0.889 bits per heavy atom. The minimum absolute atomic E-state index is 0.0755. The van der Waals surface area contributed by atoms with Gasteiger partial charge < -0.3 is 10.4 Å². The Bertz CT molecular complexity index is 1230. The average Bonchev–Trinajstić information content (AvgIpc) is 2.90. The van der Waals surface area contributed by atoms with Crippen LogP contribution in [0.25, 0.3) is 0 Å². The van der Waals surface area contributed by atoms with Gasteiger partial charge in [-0.05, 0) is 53.8 Å². The number of aliphatic hydroxyl groups is 1. The first-order chi connectivity index (χ1) is 17.6. The summed E-state index contributed by atoms with van der Waals surface area (Å²) in [5.41, 5.74) is 5.91. The minimum atomic E-state index is -0.546. The number of hydrogen-bond acceptors (Lipinski definition) is 4. The third-order valence-corrected chi connectivity index (χ3v) is 6.26. The van der Waals surface area contributed by atoms with Gasteiger partial charge in [-0.1, -0.05) is 78.9 Å². The van der Waals surface area contributed by atoms with Gasteiger partial charge in [-0.15, -0.1) is 0 Å². The molecule has 1 aromatic heterocycles. The predicted molar refractivity (Wildman–Crippen MR) is 145 cm³/mol. The maximum atomic E-state index is 12.4. The molecule has 0 radical (unpaired) electrons. The monoisotopic (exact) mass is 479 g/mol. The Balaban J connectivity index is 1.34. The van der Waals surface area contributed by atoms with Crippen LogP contribution in [0.15, 0.2) is 103 Å². The highest BCUT2D eigenvalue weighted by Crippen LogP contribution is 2.17. The summed E-state index contributed by atoms with van der Waals surface area (Å²) in [5.74, 6) is -0.0755. The number of carbonyl (C=O) groups excluding carboxylic acids is 1. The topological polar surface area (TPSA) is 65.5 Å². The van der Waals surface area contributed by atoms with E-state index in [0.29, 0.717) is 6.54 Å². The molecule has 0 aliphatic rings. The van der Waals surface area contributed by atoms with Gasteiger partial charge in [-0.25, -0.2) is 0 Å². The fourth-order valence-electron chi connectivity index (χ4n) is 4.20. The molecule has 0 fully saturated rings. The van der Waals surface area contributed by atoms with Crippen LogP contribution in [0, 0.1) is 6.92 Å². The van der Waals surface area contributed by atoms with E-state index in [1.807, 2.05) is 79.7 Å². The van der Waals surface area contributed by atoms with Crippen molar-refractivity contribution in [1.29, 1.82) is 0 Å². The molecule has 0 saturated carbocycles. The number of rotatable bonds is 11. The fourth-order valence-corrected chi connectivity index (χ4v) is 4.20. The number of anilines is 1. The number of aryl methyl sites for hydroxylation is 1. The number of pyridine rings is 1. The van der Waals surface area contributed by atoms with Gasteiger partial charge >= 0.3 is 0 Å². The van der Waals surface area contributed by atoms with Crippen LogP contribution >= 0.6 is 0 Å². The number of nitrogens with one attached hydrogen (secondary N) is 1. The molecule has 1 amide bonds. The smallest absolute Gasteiger partial charge is 0.230 e. The van der Waals surface area contributed by atoms with E-state index in [0.717, 1.165) is 42.0 Å². The molecule has 0 aliphatic heterocycles. The van der Waals surface area contributed by atoms with Crippen molar-refractivity contribution in [2.24, 2.45) is 0 Å². The summed E-state index contributed by atoms with van der Waals surface area (Å²) in [6.45, 7) is 4.10. The van der Waals surface area contributed by atoms with E-state index >= 15 is 0 Å². The highest BCUT2D eigenvalue weighted by Gasteiger charge is 2.14. The van der Waals surface area contributed by atoms with Gasteiger partial charge in [0.25, 0.3) is 0 Å². The summed E-state index contributed by atoms with van der Waals surface area (Å²) in [6, 6.07) is 32.0. The Morgan fingerprint density at radius 3 is 2.28 bits per heavy atom. The van der Waals surface area contributed by atoms with Crippen LogP contribution < -0.4 is 5.32 Å². The molecule has 0 spiro atoms. The summed E-state index contributed by atoms with van der Waals surface area (Å²) in [4.78, 5) is 19.0. The van der Waals surface area contributed by atoms with Crippen LogP contribution in [0.4, 0.5) is 5.69 Å². The van der Waals surface area contributed by atoms with Gasteiger partial charge in [0.05, 0.1) is 18.2 Å². The third kappa shape index (κ3) is 7.60. The molecule has 36 heavy (non-hydrogen) atoms. The van der Waals surface area contributed by atoms with Gasteiger partial charge in [0, 0.05) is 31.5 Å². The molecular formula is C31H33N3O2. The maximum Gasteiger partial charge on any atom is 0.230 e. The second-order valence-corrected chi connectivity index (χ2v) is 9.09. The zero-order valence-corrected chi connectivity index (χ0v) is 20.7. The van der Waals surface area contributed by atoms with Crippen molar-refractivity contribution in [1.82, 2.24) is 9.88 Å². The normalized spacial score (nSPS) is 11.9. The zero-order valence-electron chi connectivity index (χ0n) is 20.7. The molecule has 0 saturated heterocycles. The Hall–Kier alpha value is -3.80. The summed E-state index contributed by atoms with van der Waals surface area (Å²) in [7, 11) is 0. The van der Waals surface area contributed by atoms with Crippen molar-refractivity contribution in [3.63, 3.8) is 0 Å². The molecule has 0 bridgehead atoms. The van der Waals surface area contributed by atoms with Crippen molar-refractivity contribution in [3.8, 4) is 0 Å². The molecule has 1 heterocycles. The van der Waals surface area contributed by atoms with E-state index in [9.17, 15) is 9.90 Å². The van der Waals surface area contributed by atoms with Crippen molar-refractivity contribution in [2.45, 2.75) is 32.4 Å². The van der Waals surface area contributed by atoms with E-state index in [-0.39, 0.29) is 12.3 Å². The molecule has 0 unspecified atom stereocenters. The van der Waals surface area contributed by atoms with Gasteiger partial charge in [0.2, 0.25) is 5.91 Å². The van der Waals surface area contributed by atoms with Gasteiger partial charge in [-0.2, -0.15) is 0 Å². The number of benzene rings is 3. The second kappa shape index (κ2) is 12.8. The van der Waals surface area contributed by atoms with E-state index in [1.165, 1.54) is 11.1 Å². The van der Waals surface area contributed by atoms with Crippen LogP contribution in [-0.2, 0) is 24.2 Å². The second-order valence-electron chi connectivity index (χ2n) is 9.09. The van der Waals surface area contributed by atoms with E-state index in [1.54, 1.807) is 6.20 Å². The van der Waals surface area contributed by atoms with Crippen LogP contribution in [0.2, 0.25) is 0 Å². The van der Waals surface area contributed by atoms with Crippen LogP contribution in [0.3, 0.4) is 0 Å². The molecule has 5 heteroatoms. The van der Waals surface area contributed by atoms with Gasteiger partial charge in [0.15, 0.2) is 0 Å². The Labute approximate surface area is 213 Å². The lowest BCUT2D eigenvalue weighted by Crippen LogP contribution is -2.30. The van der Waals surface area contributed by atoms with Crippen LogP contribution in [0.1, 0.15) is 34.1 Å². The summed E-state index contributed by atoms with van der Waals surface area (Å²) in [6.07, 6.45) is 2.27. The maximum absolute atomic E-state index is 12.4. The van der Waals surface area contributed by atoms with Crippen molar-refractivity contribution in [3.05, 3.63) is 131 Å². The quantitative estimate of drug-likeness (QED) is 0.304. The number of amides is 1. The minimum Gasteiger partial charge on any atom is -0.387 e. The lowest BCUT2D eigenvalue weighted by molar-refractivity contribution is -0.115. The molecular weight excluding hydrogens is 446 g/mol. The molecule has 4 rings (SSSR count). The van der Waals surface area contributed by atoms with E-state index in [2.05, 4.69) is 39.5 Å². The first-order valence-corrected chi connectivity index (χ1v) is 12.4. The Kier molecular flexibility index (Phi) is 8.98.